The van der Waals surface area contributed by atoms with Crippen LogP contribution in [0.1, 0.15) is 31.7 Å². The SMILES string of the molecule is CSCC(C)(O)CNCc1ccc(N2CCCCC2)cc1. The lowest BCUT2D eigenvalue weighted by atomic mass is 10.1. The fourth-order valence-corrected chi connectivity index (χ4v) is 3.54. The molecule has 0 aliphatic carbocycles. The van der Waals surface area contributed by atoms with E-state index in [1.807, 2.05) is 13.2 Å². The minimum Gasteiger partial charge on any atom is -0.388 e. The van der Waals surface area contributed by atoms with Crippen molar-refractivity contribution in [3.63, 3.8) is 0 Å². The molecule has 0 amide bonds. The highest BCUT2D eigenvalue weighted by molar-refractivity contribution is 7.98. The number of hydrogen-bond donors (Lipinski definition) is 2. The highest BCUT2D eigenvalue weighted by Gasteiger charge is 2.18. The lowest BCUT2D eigenvalue weighted by Crippen LogP contribution is -2.39. The predicted molar refractivity (Wildman–Crippen MR) is 93.2 cm³/mol. The van der Waals surface area contributed by atoms with E-state index in [-0.39, 0.29) is 0 Å². The third kappa shape index (κ3) is 5.53. The van der Waals surface area contributed by atoms with Gasteiger partial charge >= 0.3 is 0 Å². The van der Waals surface area contributed by atoms with E-state index in [2.05, 4.69) is 34.5 Å². The van der Waals surface area contributed by atoms with Gasteiger partial charge in [0.1, 0.15) is 0 Å². The van der Waals surface area contributed by atoms with Gasteiger partial charge in [-0.2, -0.15) is 11.8 Å². The van der Waals surface area contributed by atoms with Gasteiger partial charge in [-0.15, -0.1) is 0 Å². The van der Waals surface area contributed by atoms with E-state index in [1.54, 1.807) is 11.8 Å². The van der Waals surface area contributed by atoms with Gasteiger partial charge in [-0.25, -0.2) is 0 Å². The molecule has 1 fully saturated rings. The summed E-state index contributed by atoms with van der Waals surface area (Å²) >= 11 is 1.68. The van der Waals surface area contributed by atoms with Gasteiger partial charge in [0.05, 0.1) is 5.60 Å². The van der Waals surface area contributed by atoms with Gasteiger partial charge in [-0.3, -0.25) is 0 Å². The Morgan fingerprint density at radius 2 is 1.86 bits per heavy atom. The highest BCUT2D eigenvalue weighted by atomic mass is 32.2. The number of anilines is 1. The summed E-state index contributed by atoms with van der Waals surface area (Å²) in [7, 11) is 0. The molecule has 21 heavy (non-hydrogen) atoms. The topological polar surface area (TPSA) is 35.5 Å². The lowest BCUT2D eigenvalue weighted by molar-refractivity contribution is 0.0846. The zero-order valence-corrected chi connectivity index (χ0v) is 14.1. The van der Waals surface area contributed by atoms with Crippen molar-refractivity contribution in [3.8, 4) is 0 Å². The molecule has 1 unspecified atom stereocenters. The Hall–Kier alpha value is -0.710. The van der Waals surface area contributed by atoms with E-state index < -0.39 is 5.60 Å². The van der Waals surface area contributed by atoms with Gasteiger partial charge in [0.25, 0.3) is 0 Å². The molecule has 1 aliphatic rings. The number of benzene rings is 1. The van der Waals surface area contributed by atoms with E-state index in [0.717, 1.165) is 12.3 Å². The first-order valence-electron chi connectivity index (χ1n) is 7.87. The van der Waals surface area contributed by atoms with Crippen LogP contribution in [-0.2, 0) is 6.54 Å². The monoisotopic (exact) mass is 308 g/mol. The van der Waals surface area contributed by atoms with Gasteiger partial charge in [0.15, 0.2) is 0 Å². The summed E-state index contributed by atoms with van der Waals surface area (Å²) in [6.07, 6.45) is 6.02. The predicted octanol–water partition coefficient (Wildman–Crippen LogP) is 2.88. The first-order valence-corrected chi connectivity index (χ1v) is 9.26. The molecule has 1 aromatic carbocycles. The second-order valence-corrected chi connectivity index (χ2v) is 7.11. The largest absolute Gasteiger partial charge is 0.388 e. The molecule has 118 valence electrons. The van der Waals surface area contributed by atoms with Crippen LogP contribution in [0.4, 0.5) is 5.69 Å². The maximum atomic E-state index is 10.1. The quantitative estimate of drug-likeness (QED) is 0.812. The normalized spacial score (nSPS) is 18.5. The summed E-state index contributed by atoms with van der Waals surface area (Å²) in [6, 6.07) is 8.84. The Bertz CT molecular complexity index is 413. The van der Waals surface area contributed by atoms with E-state index in [4.69, 9.17) is 0 Å². The molecule has 2 rings (SSSR count). The molecule has 4 heteroatoms. The van der Waals surface area contributed by atoms with Crippen molar-refractivity contribution in [3.05, 3.63) is 29.8 Å². The Morgan fingerprint density at radius 3 is 2.48 bits per heavy atom. The van der Waals surface area contributed by atoms with Crippen LogP contribution >= 0.6 is 11.8 Å². The first-order chi connectivity index (χ1) is 10.1. The van der Waals surface area contributed by atoms with E-state index in [9.17, 15) is 5.11 Å². The fraction of sp³-hybridized carbons (Fsp3) is 0.647. The molecule has 0 aromatic heterocycles. The summed E-state index contributed by atoms with van der Waals surface area (Å²) in [5.41, 5.74) is 1.98. The third-order valence-electron chi connectivity index (χ3n) is 3.95. The van der Waals surface area contributed by atoms with Gasteiger partial charge in [0, 0.05) is 37.6 Å². The molecule has 1 aliphatic heterocycles. The Balaban J connectivity index is 1.79. The van der Waals surface area contributed by atoms with Crippen molar-refractivity contribution in [2.24, 2.45) is 0 Å². The molecule has 1 atom stereocenters. The lowest BCUT2D eigenvalue weighted by Gasteiger charge is -2.29. The van der Waals surface area contributed by atoms with Crippen molar-refractivity contribution in [2.75, 3.05) is 36.5 Å². The van der Waals surface area contributed by atoms with Crippen LogP contribution in [0.3, 0.4) is 0 Å². The Labute approximate surface area is 133 Å². The number of rotatable bonds is 7. The number of aliphatic hydroxyl groups is 1. The van der Waals surface area contributed by atoms with Gasteiger partial charge < -0.3 is 15.3 Å². The van der Waals surface area contributed by atoms with Crippen molar-refractivity contribution >= 4 is 17.4 Å². The molecular weight excluding hydrogens is 280 g/mol. The number of nitrogens with zero attached hydrogens (tertiary/aromatic N) is 1. The zero-order valence-electron chi connectivity index (χ0n) is 13.3. The molecular formula is C17H28N2OS. The van der Waals surface area contributed by atoms with E-state index in [0.29, 0.717) is 6.54 Å². The van der Waals surface area contributed by atoms with Crippen molar-refractivity contribution < 1.29 is 5.11 Å². The second kappa shape index (κ2) is 8.06. The van der Waals surface area contributed by atoms with Crippen molar-refractivity contribution in [2.45, 2.75) is 38.3 Å². The maximum Gasteiger partial charge on any atom is 0.0833 e. The Morgan fingerprint density at radius 1 is 1.19 bits per heavy atom. The van der Waals surface area contributed by atoms with E-state index in [1.165, 1.54) is 43.6 Å². The molecule has 1 aromatic rings. The third-order valence-corrected chi connectivity index (χ3v) is 4.86. The summed E-state index contributed by atoms with van der Waals surface area (Å²) in [5, 5.41) is 13.5. The van der Waals surface area contributed by atoms with Crippen LogP contribution in [0, 0.1) is 0 Å². The number of hydrogen-bond acceptors (Lipinski definition) is 4. The smallest absolute Gasteiger partial charge is 0.0833 e. The van der Waals surface area contributed by atoms with Crippen molar-refractivity contribution in [1.82, 2.24) is 5.32 Å². The molecule has 0 saturated carbocycles. The van der Waals surface area contributed by atoms with Crippen LogP contribution < -0.4 is 10.2 Å². The number of piperidine rings is 1. The fourth-order valence-electron chi connectivity index (χ4n) is 2.81. The molecule has 1 heterocycles. The van der Waals surface area contributed by atoms with Crippen LogP contribution in [-0.4, -0.2) is 42.4 Å². The molecule has 3 nitrogen and oxygen atoms in total. The average Bonchev–Trinajstić information content (AvgIpc) is 2.48. The Kier molecular flexibility index (Phi) is 6.40. The summed E-state index contributed by atoms with van der Waals surface area (Å²) in [5.74, 6) is 0.758. The van der Waals surface area contributed by atoms with Crippen LogP contribution in [0.2, 0.25) is 0 Å². The standard InChI is InChI=1S/C17H28N2OS/c1-17(20,14-21-2)13-18-12-15-6-8-16(9-7-15)19-10-4-3-5-11-19/h6-9,18,20H,3-5,10-14H2,1-2H3. The first kappa shape index (κ1) is 16.7. The average molecular weight is 308 g/mol. The van der Waals surface area contributed by atoms with Crippen LogP contribution in [0.25, 0.3) is 0 Å². The summed E-state index contributed by atoms with van der Waals surface area (Å²) in [4.78, 5) is 2.48. The van der Waals surface area contributed by atoms with E-state index >= 15 is 0 Å². The van der Waals surface area contributed by atoms with Crippen LogP contribution in [0.5, 0.6) is 0 Å². The highest BCUT2D eigenvalue weighted by Crippen LogP contribution is 2.20. The molecule has 0 radical (unpaired) electrons. The molecule has 0 bridgehead atoms. The minimum atomic E-state index is -0.632. The van der Waals surface area contributed by atoms with Gasteiger partial charge in [-0.05, 0) is 50.1 Å². The van der Waals surface area contributed by atoms with Gasteiger partial charge in [-0.1, -0.05) is 12.1 Å². The van der Waals surface area contributed by atoms with Gasteiger partial charge in [0.2, 0.25) is 0 Å². The van der Waals surface area contributed by atoms with Crippen LogP contribution in [0.15, 0.2) is 24.3 Å². The summed E-state index contributed by atoms with van der Waals surface area (Å²) in [6.45, 7) is 5.70. The number of thioether (sulfide) groups is 1. The maximum absolute atomic E-state index is 10.1. The molecule has 1 saturated heterocycles. The number of nitrogens with one attached hydrogen (secondary N) is 1. The zero-order chi connectivity index (χ0) is 15.1. The summed E-state index contributed by atoms with van der Waals surface area (Å²) < 4.78 is 0. The molecule has 2 N–H and O–H groups in total. The second-order valence-electron chi connectivity index (χ2n) is 6.25. The van der Waals surface area contributed by atoms with Crippen molar-refractivity contribution in [1.29, 1.82) is 0 Å². The molecule has 0 spiro atoms. The minimum absolute atomic E-state index is 0.627.